The van der Waals surface area contributed by atoms with Crippen LogP contribution in [0.2, 0.25) is 0 Å². The third-order valence-corrected chi connectivity index (χ3v) is 5.04. The molecule has 1 heterocycles. The smallest absolute Gasteiger partial charge is 0.167 e. The lowest BCUT2D eigenvalue weighted by Crippen LogP contribution is -2.24. The summed E-state index contributed by atoms with van der Waals surface area (Å²) in [4.78, 5) is 0. The van der Waals surface area contributed by atoms with Crippen LogP contribution in [-0.4, -0.2) is 19.8 Å². The maximum atomic E-state index is 14.7. The molecular weight excluding hydrogens is 365 g/mol. The summed E-state index contributed by atoms with van der Waals surface area (Å²) in [5.41, 5.74) is 0.800. The highest BCUT2D eigenvalue weighted by Gasteiger charge is 2.24. The molecule has 1 fully saturated rings. The Labute approximate surface area is 164 Å². The van der Waals surface area contributed by atoms with E-state index in [1.165, 1.54) is 30.3 Å². The van der Waals surface area contributed by atoms with Gasteiger partial charge in [-0.15, -0.1) is 0 Å². The summed E-state index contributed by atoms with van der Waals surface area (Å²) in [6.07, 6.45) is 4.62. The van der Waals surface area contributed by atoms with E-state index in [0.717, 1.165) is 12.8 Å². The molecule has 0 bridgehead atoms. The molecule has 0 radical (unpaired) electrons. The first-order chi connectivity index (χ1) is 13.5. The summed E-state index contributed by atoms with van der Waals surface area (Å²) in [5.74, 6) is -2.26. The second kappa shape index (κ2) is 9.39. The molecule has 1 aliphatic heterocycles. The van der Waals surface area contributed by atoms with Gasteiger partial charge in [-0.1, -0.05) is 36.4 Å². The van der Waals surface area contributed by atoms with Gasteiger partial charge in [-0.05, 0) is 38.3 Å². The topological polar surface area (TPSA) is 18.5 Å². The fraction of sp³-hybridized carbons (Fsp3) is 0.391. The summed E-state index contributed by atoms with van der Waals surface area (Å²) >= 11 is 0. The normalized spacial score (nSPS) is 20.0. The van der Waals surface area contributed by atoms with E-state index in [2.05, 4.69) is 0 Å². The maximum Gasteiger partial charge on any atom is 0.167 e. The number of hydrogen-bond acceptors (Lipinski definition) is 2. The second-order valence-corrected chi connectivity index (χ2v) is 6.99. The minimum absolute atomic E-state index is 0.0391. The van der Waals surface area contributed by atoms with Crippen molar-refractivity contribution < 1.29 is 22.6 Å². The fourth-order valence-corrected chi connectivity index (χ4v) is 3.52. The van der Waals surface area contributed by atoms with Crippen molar-refractivity contribution in [2.24, 2.45) is 5.92 Å². The van der Waals surface area contributed by atoms with Crippen molar-refractivity contribution in [1.82, 2.24) is 0 Å². The molecule has 0 N–H and O–H groups in total. The number of ether oxygens (including phenoxy) is 2. The molecule has 150 valence electrons. The van der Waals surface area contributed by atoms with Crippen LogP contribution in [0.25, 0.3) is 17.2 Å². The van der Waals surface area contributed by atoms with Gasteiger partial charge in [0.25, 0.3) is 0 Å². The maximum absolute atomic E-state index is 14.7. The van der Waals surface area contributed by atoms with Crippen LogP contribution in [0.3, 0.4) is 0 Å². The van der Waals surface area contributed by atoms with E-state index in [0.29, 0.717) is 31.3 Å². The highest BCUT2D eigenvalue weighted by atomic mass is 19.2. The van der Waals surface area contributed by atoms with Crippen molar-refractivity contribution in [1.29, 1.82) is 0 Å². The lowest BCUT2D eigenvalue weighted by atomic mass is 9.93. The predicted molar refractivity (Wildman–Crippen MR) is 104 cm³/mol. The van der Waals surface area contributed by atoms with Gasteiger partial charge in [-0.2, -0.15) is 0 Å². The first-order valence-corrected chi connectivity index (χ1v) is 9.65. The molecule has 0 spiro atoms. The molecule has 0 aliphatic carbocycles. The average molecular weight is 390 g/mol. The van der Waals surface area contributed by atoms with E-state index in [1.807, 2.05) is 6.92 Å². The minimum Gasteiger partial charge on any atom is -0.381 e. The molecule has 3 rings (SSSR count). The Morgan fingerprint density at radius 3 is 2.50 bits per heavy atom. The van der Waals surface area contributed by atoms with E-state index in [4.69, 9.17) is 9.47 Å². The quantitative estimate of drug-likeness (QED) is 0.576. The van der Waals surface area contributed by atoms with Crippen molar-refractivity contribution in [3.63, 3.8) is 0 Å². The van der Waals surface area contributed by atoms with Gasteiger partial charge in [-0.3, -0.25) is 0 Å². The second-order valence-electron chi connectivity index (χ2n) is 6.99. The minimum atomic E-state index is -1.05. The number of hydrogen-bond donors (Lipinski definition) is 0. The molecule has 1 aliphatic rings. The van der Waals surface area contributed by atoms with Crippen molar-refractivity contribution in [3.05, 3.63) is 65.0 Å². The zero-order chi connectivity index (χ0) is 20.1. The van der Waals surface area contributed by atoms with E-state index >= 15 is 0 Å². The summed E-state index contributed by atoms with van der Waals surface area (Å²) in [6.45, 7) is 5.60. The molecule has 0 aromatic heterocycles. The molecule has 2 unspecified atom stereocenters. The Kier molecular flexibility index (Phi) is 6.92. The van der Waals surface area contributed by atoms with Crippen molar-refractivity contribution in [2.75, 3.05) is 19.8 Å². The SMILES string of the molecule is C/C=C/c1ccc(-c2ccc(C3CCC(COCC)CO3)cc2F)c(F)c1F. The lowest BCUT2D eigenvalue weighted by Gasteiger charge is -2.29. The average Bonchev–Trinajstić information content (AvgIpc) is 2.71. The number of rotatable bonds is 6. The van der Waals surface area contributed by atoms with Gasteiger partial charge in [0, 0.05) is 29.2 Å². The predicted octanol–water partition coefficient (Wildman–Crippen LogP) is 6.31. The first kappa shape index (κ1) is 20.6. The first-order valence-electron chi connectivity index (χ1n) is 9.65. The molecule has 2 nitrogen and oxygen atoms in total. The van der Waals surface area contributed by atoms with E-state index < -0.39 is 17.5 Å². The summed E-state index contributed by atoms with van der Waals surface area (Å²) in [5, 5.41) is 0. The summed E-state index contributed by atoms with van der Waals surface area (Å²) in [6, 6.07) is 7.43. The van der Waals surface area contributed by atoms with Crippen LogP contribution in [-0.2, 0) is 9.47 Å². The number of benzene rings is 2. The molecular formula is C23H25F3O2. The van der Waals surface area contributed by atoms with Gasteiger partial charge < -0.3 is 9.47 Å². The number of allylic oxidation sites excluding steroid dienone is 1. The van der Waals surface area contributed by atoms with Crippen molar-refractivity contribution >= 4 is 6.08 Å². The lowest BCUT2D eigenvalue weighted by molar-refractivity contribution is -0.0421. The Hall–Kier alpha value is -2.11. The van der Waals surface area contributed by atoms with Crippen molar-refractivity contribution in [2.45, 2.75) is 32.8 Å². The Bertz CT molecular complexity index is 840. The molecule has 0 amide bonds. The molecule has 2 aromatic rings. The monoisotopic (exact) mass is 390 g/mol. The van der Waals surface area contributed by atoms with Gasteiger partial charge in [0.1, 0.15) is 5.82 Å². The zero-order valence-electron chi connectivity index (χ0n) is 16.2. The van der Waals surface area contributed by atoms with Crippen LogP contribution in [0.1, 0.15) is 43.9 Å². The van der Waals surface area contributed by atoms with Crippen LogP contribution in [0, 0.1) is 23.4 Å². The molecule has 2 aromatic carbocycles. The van der Waals surface area contributed by atoms with Crippen molar-refractivity contribution in [3.8, 4) is 11.1 Å². The van der Waals surface area contributed by atoms with Gasteiger partial charge in [0.15, 0.2) is 11.6 Å². The Morgan fingerprint density at radius 1 is 1.07 bits per heavy atom. The molecule has 28 heavy (non-hydrogen) atoms. The van der Waals surface area contributed by atoms with Crippen LogP contribution >= 0.6 is 0 Å². The Morgan fingerprint density at radius 2 is 1.86 bits per heavy atom. The standard InChI is InChI=1S/C23H25F3O2/c1-3-5-16-7-10-19(23(26)22(16)25)18-9-8-17(12-20(18)24)21-11-6-15(14-28-21)13-27-4-2/h3,5,7-10,12,15,21H,4,6,11,13-14H2,1-2H3/b5-3+. The van der Waals surface area contributed by atoms with Crippen LogP contribution < -0.4 is 0 Å². The fourth-order valence-electron chi connectivity index (χ4n) is 3.52. The van der Waals surface area contributed by atoms with E-state index in [1.54, 1.807) is 19.1 Å². The number of halogens is 3. The van der Waals surface area contributed by atoms with E-state index in [9.17, 15) is 13.2 Å². The van der Waals surface area contributed by atoms with Crippen LogP contribution in [0.4, 0.5) is 13.2 Å². The van der Waals surface area contributed by atoms with Crippen LogP contribution in [0.5, 0.6) is 0 Å². The van der Waals surface area contributed by atoms with Gasteiger partial charge in [0.2, 0.25) is 0 Å². The van der Waals surface area contributed by atoms with E-state index in [-0.39, 0.29) is 22.8 Å². The van der Waals surface area contributed by atoms with Crippen LogP contribution in [0.15, 0.2) is 36.4 Å². The molecule has 1 saturated heterocycles. The molecule has 5 heteroatoms. The summed E-state index contributed by atoms with van der Waals surface area (Å²) < 4.78 is 54.6. The highest BCUT2D eigenvalue weighted by molar-refractivity contribution is 5.68. The Balaban J connectivity index is 1.78. The summed E-state index contributed by atoms with van der Waals surface area (Å²) in [7, 11) is 0. The van der Waals surface area contributed by atoms with Gasteiger partial charge >= 0.3 is 0 Å². The van der Waals surface area contributed by atoms with Gasteiger partial charge in [0.05, 0.1) is 19.3 Å². The highest BCUT2D eigenvalue weighted by Crippen LogP contribution is 2.34. The third kappa shape index (κ3) is 4.47. The zero-order valence-corrected chi connectivity index (χ0v) is 16.2. The molecule has 0 saturated carbocycles. The molecule has 2 atom stereocenters. The van der Waals surface area contributed by atoms with Gasteiger partial charge in [-0.25, -0.2) is 13.2 Å². The largest absolute Gasteiger partial charge is 0.381 e. The third-order valence-electron chi connectivity index (χ3n) is 5.04.